The molecular formula is C14H14N4O3. The summed E-state index contributed by atoms with van der Waals surface area (Å²) in [6, 6.07) is 6.99. The maximum absolute atomic E-state index is 12.1. The van der Waals surface area contributed by atoms with Gasteiger partial charge in [0.15, 0.2) is 0 Å². The molecule has 0 unspecified atom stereocenters. The van der Waals surface area contributed by atoms with E-state index < -0.39 is 5.69 Å². The zero-order valence-corrected chi connectivity index (χ0v) is 11.3. The number of methoxy groups -OCH3 is 1. The molecule has 0 aliphatic rings. The van der Waals surface area contributed by atoms with E-state index in [1.54, 1.807) is 36.8 Å². The number of rotatable bonds is 4. The van der Waals surface area contributed by atoms with Gasteiger partial charge in [0.25, 0.3) is 0 Å². The number of nitrogens with zero attached hydrogens (tertiary/aromatic N) is 2. The molecule has 0 saturated carbocycles. The van der Waals surface area contributed by atoms with E-state index in [0.717, 1.165) is 5.69 Å². The van der Waals surface area contributed by atoms with Crippen molar-refractivity contribution in [2.45, 2.75) is 6.42 Å². The standard InChI is InChI=1S/C14H14N4O3/c1-21-12-5-3-2-4-11(12)18-13(19)10(17-14(18)20)6-9-7-15-8-16-9/h2-5,7-8,19H,6H2,1H3,(H,15,16)(H,17,20). The quantitative estimate of drug-likeness (QED) is 0.671. The number of hydrogen-bond donors (Lipinski definition) is 3. The molecule has 0 aliphatic carbocycles. The van der Waals surface area contributed by atoms with E-state index in [2.05, 4.69) is 15.0 Å². The molecule has 7 nitrogen and oxygen atoms in total. The zero-order valence-electron chi connectivity index (χ0n) is 11.3. The number of aromatic amines is 2. The third-order valence-electron chi connectivity index (χ3n) is 3.19. The summed E-state index contributed by atoms with van der Waals surface area (Å²) < 4.78 is 6.41. The maximum Gasteiger partial charge on any atom is 0.333 e. The van der Waals surface area contributed by atoms with E-state index in [0.29, 0.717) is 23.6 Å². The third-order valence-corrected chi connectivity index (χ3v) is 3.19. The average molecular weight is 286 g/mol. The van der Waals surface area contributed by atoms with Crippen LogP contribution in [0.1, 0.15) is 11.4 Å². The van der Waals surface area contributed by atoms with E-state index >= 15 is 0 Å². The number of para-hydroxylation sites is 2. The van der Waals surface area contributed by atoms with Gasteiger partial charge in [-0.15, -0.1) is 0 Å². The second-order valence-electron chi connectivity index (χ2n) is 4.49. The van der Waals surface area contributed by atoms with Gasteiger partial charge in [0.1, 0.15) is 5.75 Å². The number of ether oxygens (including phenoxy) is 1. The molecular weight excluding hydrogens is 272 g/mol. The summed E-state index contributed by atoms with van der Waals surface area (Å²) in [5, 5.41) is 10.3. The van der Waals surface area contributed by atoms with Crippen LogP contribution in [0.3, 0.4) is 0 Å². The van der Waals surface area contributed by atoms with Crippen molar-refractivity contribution in [1.82, 2.24) is 19.5 Å². The van der Waals surface area contributed by atoms with Crippen LogP contribution in [0.4, 0.5) is 0 Å². The molecule has 3 aromatic rings. The van der Waals surface area contributed by atoms with E-state index in [9.17, 15) is 9.90 Å². The van der Waals surface area contributed by atoms with Crippen molar-refractivity contribution in [3.8, 4) is 17.3 Å². The van der Waals surface area contributed by atoms with Crippen LogP contribution in [-0.4, -0.2) is 31.7 Å². The molecule has 0 aliphatic heterocycles. The Balaban J connectivity index is 2.08. The van der Waals surface area contributed by atoms with Crippen LogP contribution in [0.15, 0.2) is 41.6 Å². The van der Waals surface area contributed by atoms with Gasteiger partial charge in [-0.3, -0.25) is 0 Å². The van der Waals surface area contributed by atoms with Gasteiger partial charge >= 0.3 is 5.69 Å². The lowest BCUT2D eigenvalue weighted by Gasteiger charge is -2.08. The summed E-state index contributed by atoms with van der Waals surface area (Å²) in [4.78, 5) is 21.6. The van der Waals surface area contributed by atoms with Gasteiger partial charge < -0.3 is 19.8 Å². The molecule has 0 radical (unpaired) electrons. The summed E-state index contributed by atoms with van der Waals surface area (Å²) in [7, 11) is 1.51. The Labute approximate surface area is 119 Å². The highest BCUT2D eigenvalue weighted by molar-refractivity contribution is 5.49. The summed E-state index contributed by atoms with van der Waals surface area (Å²) in [5.74, 6) is 0.362. The van der Waals surface area contributed by atoms with Gasteiger partial charge in [0.05, 0.1) is 24.8 Å². The molecule has 3 rings (SSSR count). The fourth-order valence-electron chi connectivity index (χ4n) is 2.21. The molecule has 0 bridgehead atoms. The van der Waals surface area contributed by atoms with Crippen molar-refractivity contribution in [2.75, 3.05) is 7.11 Å². The van der Waals surface area contributed by atoms with Gasteiger partial charge in [-0.1, -0.05) is 12.1 Å². The number of hydrogen-bond acceptors (Lipinski definition) is 4. The Bertz CT molecular complexity index is 802. The van der Waals surface area contributed by atoms with E-state index in [-0.39, 0.29) is 5.88 Å². The minimum atomic E-state index is -0.425. The number of nitrogens with one attached hydrogen (secondary N) is 2. The molecule has 108 valence electrons. The van der Waals surface area contributed by atoms with E-state index in [1.165, 1.54) is 11.7 Å². The lowest BCUT2D eigenvalue weighted by molar-refractivity contribution is 0.404. The number of aromatic hydroxyl groups is 1. The molecule has 3 N–H and O–H groups in total. The first-order valence-corrected chi connectivity index (χ1v) is 6.34. The van der Waals surface area contributed by atoms with E-state index in [1.807, 2.05) is 0 Å². The summed E-state index contributed by atoms with van der Waals surface area (Å²) in [5.41, 5.74) is 1.26. The molecule has 1 aromatic carbocycles. The minimum Gasteiger partial charge on any atom is -0.495 e. The van der Waals surface area contributed by atoms with Crippen molar-refractivity contribution >= 4 is 0 Å². The molecule has 21 heavy (non-hydrogen) atoms. The average Bonchev–Trinajstić information content (AvgIpc) is 3.09. The zero-order chi connectivity index (χ0) is 14.8. The molecule has 2 aromatic heterocycles. The molecule has 0 fully saturated rings. The summed E-state index contributed by atoms with van der Waals surface area (Å²) in [6.07, 6.45) is 3.53. The normalized spacial score (nSPS) is 10.7. The predicted molar refractivity (Wildman–Crippen MR) is 76.0 cm³/mol. The van der Waals surface area contributed by atoms with Crippen molar-refractivity contribution in [1.29, 1.82) is 0 Å². The lowest BCUT2D eigenvalue weighted by Crippen LogP contribution is -2.15. The first kappa shape index (κ1) is 13.0. The second kappa shape index (κ2) is 5.20. The fraction of sp³-hybridized carbons (Fsp3) is 0.143. The third kappa shape index (κ3) is 2.29. The van der Waals surface area contributed by atoms with Gasteiger partial charge in [0, 0.05) is 18.3 Å². The van der Waals surface area contributed by atoms with Gasteiger partial charge in [-0.2, -0.15) is 0 Å². The number of imidazole rings is 2. The highest BCUT2D eigenvalue weighted by Crippen LogP contribution is 2.26. The number of aromatic nitrogens is 4. The van der Waals surface area contributed by atoms with E-state index in [4.69, 9.17) is 4.74 Å². The molecule has 0 amide bonds. The fourth-order valence-corrected chi connectivity index (χ4v) is 2.21. The topological polar surface area (TPSA) is 95.9 Å². The van der Waals surface area contributed by atoms with Crippen LogP contribution in [0.5, 0.6) is 11.6 Å². The lowest BCUT2D eigenvalue weighted by atomic mass is 10.2. The Morgan fingerprint density at radius 2 is 2.19 bits per heavy atom. The Kier molecular flexibility index (Phi) is 3.23. The van der Waals surface area contributed by atoms with Crippen LogP contribution < -0.4 is 10.4 Å². The molecule has 0 saturated heterocycles. The number of H-pyrrole nitrogens is 2. The van der Waals surface area contributed by atoms with Crippen molar-refractivity contribution < 1.29 is 9.84 Å². The smallest absolute Gasteiger partial charge is 0.333 e. The van der Waals surface area contributed by atoms with Crippen molar-refractivity contribution in [2.24, 2.45) is 0 Å². The van der Waals surface area contributed by atoms with Crippen LogP contribution in [-0.2, 0) is 6.42 Å². The van der Waals surface area contributed by atoms with Crippen LogP contribution in [0, 0.1) is 0 Å². The Morgan fingerprint density at radius 3 is 2.90 bits per heavy atom. The molecule has 0 atom stereocenters. The SMILES string of the molecule is COc1ccccc1-n1c(O)c(Cc2cnc[nH]2)[nH]c1=O. The summed E-state index contributed by atoms with van der Waals surface area (Å²) in [6.45, 7) is 0. The molecule has 7 heteroatoms. The van der Waals surface area contributed by atoms with Crippen LogP contribution in [0.2, 0.25) is 0 Å². The highest BCUT2D eigenvalue weighted by atomic mass is 16.5. The predicted octanol–water partition coefficient (Wildman–Crippen LogP) is 1.19. The summed E-state index contributed by atoms with van der Waals surface area (Å²) >= 11 is 0. The van der Waals surface area contributed by atoms with Gasteiger partial charge in [-0.25, -0.2) is 14.3 Å². The molecule has 0 spiro atoms. The second-order valence-corrected chi connectivity index (χ2v) is 4.49. The minimum absolute atomic E-state index is 0.140. The van der Waals surface area contributed by atoms with Crippen molar-refractivity contribution in [3.63, 3.8) is 0 Å². The first-order chi connectivity index (χ1) is 10.2. The van der Waals surface area contributed by atoms with Crippen molar-refractivity contribution in [3.05, 3.63) is 58.7 Å². The Morgan fingerprint density at radius 1 is 1.38 bits per heavy atom. The highest BCUT2D eigenvalue weighted by Gasteiger charge is 2.17. The Hall–Kier alpha value is -2.96. The van der Waals surface area contributed by atoms with Crippen LogP contribution >= 0.6 is 0 Å². The largest absolute Gasteiger partial charge is 0.495 e. The molecule has 2 heterocycles. The van der Waals surface area contributed by atoms with Gasteiger partial charge in [0.2, 0.25) is 5.88 Å². The maximum atomic E-state index is 12.1. The first-order valence-electron chi connectivity index (χ1n) is 6.34. The van der Waals surface area contributed by atoms with Gasteiger partial charge in [-0.05, 0) is 12.1 Å². The van der Waals surface area contributed by atoms with Crippen LogP contribution in [0.25, 0.3) is 5.69 Å². The number of benzene rings is 1. The monoisotopic (exact) mass is 286 g/mol.